The van der Waals surface area contributed by atoms with Crippen molar-refractivity contribution in [2.75, 3.05) is 7.11 Å². The van der Waals surface area contributed by atoms with Gasteiger partial charge in [-0.3, -0.25) is 0 Å². The van der Waals surface area contributed by atoms with Crippen molar-refractivity contribution >= 4 is 5.97 Å². The van der Waals surface area contributed by atoms with Crippen LogP contribution in [0, 0.1) is 6.92 Å². The van der Waals surface area contributed by atoms with Gasteiger partial charge < -0.3 is 4.74 Å². The van der Waals surface area contributed by atoms with Crippen LogP contribution in [0.15, 0.2) is 36.5 Å². The van der Waals surface area contributed by atoms with E-state index < -0.39 is 5.97 Å². The maximum atomic E-state index is 11.5. The molecule has 82 valence electrons. The molecule has 0 saturated carbocycles. The number of nitrogens with zero attached hydrogens (tertiary/aromatic N) is 2. The van der Waals surface area contributed by atoms with Crippen molar-refractivity contribution < 1.29 is 9.53 Å². The topological polar surface area (TPSA) is 44.1 Å². The van der Waals surface area contributed by atoms with Gasteiger partial charge in [0.2, 0.25) is 0 Å². The van der Waals surface area contributed by atoms with Crippen LogP contribution < -0.4 is 0 Å². The van der Waals surface area contributed by atoms with E-state index in [4.69, 9.17) is 0 Å². The highest BCUT2D eigenvalue weighted by atomic mass is 16.5. The molecular formula is C12H12N2O2. The van der Waals surface area contributed by atoms with Gasteiger partial charge in [-0.15, -0.1) is 0 Å². The second kappa shape index (κ2) is 4.18. The number of benzene rings is 1. The molecule has 16 heavy (non-hydrogen) atoms. The average Bonchev–Trinajstić information content (AvgIpc) is 2.78. The summed E-state index contributed by atoms with van der Waals surface area (Å²) < 4.78 is 6.24. The predicted molar refractivity (Wildman–Crippen MR) is 59.6 cm³/mol. The van der Waals surface area contributed by atoms with Crippen LogP contribution in [0.5, 0.6) is 0 Å². The van der Waals surface area contributed by atoms with Crippen molar-refractivity contribution in [3.05, 3.63) is 47.8 Å². The quantitative estimate of drug-likeness (QED) is 0.721. The number of carbonyl (C=O) groups is 1. The number of carbonyl (C=O) groups excluding carboxylic acids is 1. The minimum absolute atomic E-state index is 0.391. The van der Waals surface area contributed by atoms with Gasteiger partial charge in [0.15, 0.2) is 5.69 Å². The first-order valence-corrected chi connectivity index (χ1v) is 4.92. The number of rotatable bonds is 2. The highest BCUT2D eigenvalue weighted by Gasteiger charge is 2.12. The number of aryl methyl sites for hydroxylation is 1. The Balaban J connectivity index is 2.44. The predicted octanol–water partition coefficient (Wildman–Crippen LogP) is 1.97. The number of esters is 1. The van der Waals surface area contributed by atoms with Crippen LogP contribution in [-0.4, -0.2) is 22.9 Å². The molecule has 0 N–H and O–H groups in total. The first-order valence-electron chi connectivity index (χ1n) is 4.92. The van der Waals surface area contributed by atoms with Crippen molar-refractivity contribution in [2.45, 2.75) is 6.92 Å². The van der Waals surface area contributed by atoms with E-state index in [0.717, 1.165) is 11.3 Å². The summed E-state index contributed by atoms with van der Waals surface area (Å²) >= 11 is 0. The molecule has 1 aromatic carbocycles. The zero-order valence-electron chi connectivity index (χ0n) is 9.18. The zero-order valence-corrected chi connectivity index (χ0v) is 9.18. The molecule has 0 spiro atoms. The lowest BCUT2D eigenvalue weighted by Crippen LogP contribution is -2.10. The van der Waals surface area contributed by atoms with Crippen LogP contribution >= 0.6 is 0 Å². The standard InChI is InChI=1S/C12H12N2O2/c1-9-3-5-10(6-4-9)14-11(7-8-13-14)12(15)16-2/h3-8H,1-2H3. The normalized spacial score (nSPS) is 10.1. The van der Waals surface area contributed by atoms with E-state index >= 15 is 0 Å². The number of ether oxygens (including phenoxy) is 1. The molecule has 0 unspecified atom stereocenters. The Labute approximate surface area is 93.5 Å². The Morgan fingerprint density at radius 1 is 1.25 bits per heavy atom. The van der Waals surface area contributed by atoms with E-state index in [1.165, 1.54) is 7.11 Å². The minimum atomic E-state index is -0.391. The zero-order chi connectivity index (χ0) is 11.5. The minimum Gasteiger partial charge on any atom is -0.464 e. The van der Waals surface area contributed by atoms with E-state index in [1.54, 1.807) is 16.9 Å². The first kappa shape index (κ1) is 10.4. The summed E-state index contributed by atoms with van der Waals surface area (Å²) in [5.74, 6) is -0.391. The number of hydrogen-bond donors (Lipinski definition) is 0. The molecule has 0 fully saturated rings. The fraction of sp³-hybridized carbons (Fsp3) is 0.167. The molecule has 0 aliphatic heterocycles. The molecule has 1 heterocycles. The summed E-state index contributed by atoms with van der Waals surface area (Å²) in [6.07, 6.45) is 1.58. The van der Waals surface area contributed by atoms with Crippen LogP contribution in [-0.2, 0) is 4.74 Å². The number of hydrogen-bond acceptors (Lipinski definition) is 3. The summed E-state index contributed by atoms with van der Waals surface area (Å²) in [6, 6.07) is 9.39. The summed E-state index contributed by atoms with van der Waals surface area (Å²) in [6.45, 7) is 2.01. The third-order valence-electron chi connectivity index (χ3n) is 2.32. The van der Waals surface area contributed by atoms with Crippen LogP contribution in [0.25, 0.3) is 5.69 Å². The number of aromatic nitrogens is 2. The lowest BCUT2D eigenvalue weighted by Gasteiger charge is -2.05. The van der Waals surface area contributed by atoms with Gasteiger partial charge in [0.25, 0.3) is 0 Å². The van der Waals surface area contributed by atoms with Gasteiger partial charge in [-0.05, 0) is 25.1 Å². The average molecular weight is 216 g/mol. The molecule has 4 heteroatoms. The van der Waals surface area contributed by atoms with Crippen molar-refractivity contribution in [3.63, 3.8) is 0 Å². The van der Waals surface area contributed by atoms with Crippen molar-refractivity contribution in [1.29, 1.82) is 0 Å². The Morgan fingerprint density at radius 2 is 1.94 bits per heavy atom. The van der Waals surface area contributed by atoms with Gasteiger partial charge in [-0.2, -0.15) is 5.10 Å². The van der Waals surface area contributed by atoms with Crippen molar-refractivity contribution in [3.8, 4) is 5.69 Å². The van der Waals surface area contributed by atoms with Crippen LogP contribution in [0.4, 0.5) is 0 Å². The van der Waals surface area contributed by atoms with Gasteiger partial charge in [-0.25, -0.2) is 9.48 Å². The smallest absolute Gasteiger partial charge is 0.356 e. The third kappa shape index (κ3) is 1.82. The molecule has 0 amide bonds. The lowest BCUT2D eigenvalue weighted by molar-refractivity contribution is 0.0590. The highest BCUT2D eigenvalue weighted by Crippen LogP contribution is 2.12. The first-order chi connectivity index (χ1) is 7.72. The van der Waals surface area contributed by atoms with E-state index in [1.807, 2.05) is 31.2 Å². The molecular weight excluding hydrogens is 204 g/mol. The van der Waals surface area contributed by atoms with E-state index in [9.17, 15) is 4.79 Å². The van der Waals surface area contributed by atoms with E-state index in [2.05, 4.69) is 9.84 Å². The lowest BCUT2D eigenvalue weighted by atomic mass is 10.2. The molecule has 2 aromatic rings. The highest BCUT2D eigenvalue weighted by molar-refractivity contribution is 5.88. The molecule has 0 aliphatic carbocycles. The maximum absolute atomic E-state index is 11.5. The second-order valence-corrected chi connectivity index (χ2v) is 3.46. The fourth-order valence-electron chi connectivity index (χ4n) is 1.45. The van der Waals surface area contributed by atoms with Crippen molar-refractivity contribution in [2.24, 2.45) is 0 Å². The van der Waals surface area contributed by atoms with E-state index in [0.29, 0.717) is 5.69 Å². The number of methoxy groups -OCH3 is 1. The fourth-order valence-corrected chi connectivity index (χ4v) is 1.45. The Morgan fingerprint density at radius 3 is 2.56 bits per heavy atom. The molecule has 0 saturated heterocycles. The van der Waals surface area contributed by atoms with Crippen molar-refractivity contribution in [1.82, 2.24) is 9.78 Å². The summed E-state index contributed by atoms with van der Waals surface area (Å²) in [7, 11) is 1.36. The van der Waals surface area contributed by atoms with Crippen LogP contribution in [0.2, 0.25) is 0 Å². The molecule has 0 radical (unpaired) electrons. The molecule has 4 nitrogen and oxygen atoms in total. The Bertz CT molecular complexity index is 500. The van der Waals surface area contributed by atoms with Gasteiger partial charge in [-0.1, -0.05) is 17.7 Å². The molecule has 0 aliphatic rings. The third-order valence-corrected chi connectivity index (χ3v) is 2.32. The Kier molecular flexibility index (Phi) is 2.72. The van der Waals surface area contributed by atoms with Gasteiger partial charge >= 0.3 is 5.97 Å². The van der Waals surface area contributed by atoms with Gasteiger partial charge in [0.05, 0.1) is 19.0 Å². The summed E-state index contributed by atoms with van der Waals surface area (Å²) in [5.41, 5.74) is 2.43. The van der Waals surface area contributed by atoms with Gasteiger partial charge in [0, 0.05) is 0 Å². The summed E-state index contributed by atoms with van der Waals surface area (Å²) in [4.78, 5) is 11.5. The monoisotopic (exact) mass is 216 g/mol. The molecule has 0 atom stereocenters. The molecule has 0 bridgehead atoms. The van der Waals surface area contributed by atoms with Gasteiger partial charge in [0.1, 0.15) is 0 Å². The molecule has 1 aromatic heterocycles. The Hall–Kier alpha value is -2.10. The second-order valence-electron chi connectivity index (χ2n) is 3.46. The van der Waals surface area contributed by atoms with Crippen LogP contribution in [0.1, 0.15) is 16.1 Å². The molecule has 2 rings (SSSR count). The maximum Gasteiger partial charge on any atom is 0.356 e. The summed E-state index contributed by atoms with van der Waals surface area (Å²) in [5, 5.41) is 4.10. The van der Waals surface area contributed by atoms with Crippen LogP contribution in [0.3, 0.4) is 0 Å². The van der Waals surface area contributed by atoms with E-state index in [-0.39, 0.29) is 0 Å². The largest absolute Gasteiger partial charge is 0.464 e. The SMILES string of the molecule is COC(=O)c1ccnn1-c1ccc(C)cc1.